The molecule has 0 aromatic heterocycles. The average molecular weight is 340 g/mol. The van der Waals surface area contributed by atoms with E-state index >= 15 is 0 Å². The molecule has 132 valence electrons. The average Bonchev–Trinajstić information content (AvgIpc) is 2.65. The fourth-order valence-corrected chi connectivity index (χ4v) is 2.51. The predicted molar refractivity (Wildman–Crippen MR) is 97.7 cm³/mol. The molecule has 0 heterocycles. The lowest BCUT2D eigenvalue weighted by Crippen LogP contribution is -2.41. The molecular weight excluding hydrogens is 316 g/mol. The highest BCUT2D eigenvalue weighted by Crippen LogP contribution is 2.16. The molecule has 2 amide bonds. The molecule has 0 aliphatic carbocycles. The van der Waals surface area contributed by atoms with Crippen LogP contribution in [0.15, 0.2) is 54.6 Å². The summed E-state index contributed by atoms with van der Waals surface area (Å²) < 4.78 is 5.15. The number of aryl methyl sites for hydroxylation is 1. The largest absolute Gasteiger partial charge is 0.496 e. The first-order chi connectivity index (χ1) is 12.1. The Morgan fingerprint density at radius 2 is 1.72 bits per heavy atom. The molecule has 0 saturated heterocycles. The summed E-state index contributed by atoms with van der Waals surface area (Å²) in [5, 5.41) is 5.52. The highest BCUT2D eigenvalue weighted by atomic mass is 16.5. The Bertz CT molecular complexity index is 701. The van der Waals surface area contributed by atoms with Crippen LogP contribution in [0, 0.1) is 0 Å². The SMILES string of the molecule is COc1ccccc1C(=O)NCC(=O)N[C@@H](C)CCc1ccccc1. The van der Waals surface area contributed by atoms with Gasteiger partial charge in [-0.15, -0.1) is 0 Å². The lowest BCUT2D eigenvalue weighted by molar-refractivity contribution is -0.120. The van der Waals surface area contributed by atoms with E-state index in [2.05, 4.69) is 22.8 Å². The van der Waals surface area contributed by atoms with Gasteiger partial charge in [0.2, 0.25) is 5.91 Å². The van der Waals surface area contributed by atoms with E-state index in [1.165, 1.54) is 12.7 Å². The number of carbonyl (C=O) groups excluding carboxylic acids is 2. The summed E-state index contributed by atoms with van der Waals surface area (Å²) in [6.07, 6.45) is 1.74. The maximum Gasteiger partial charge on any atom is 0.255 e. The summed E-state index contributed by atoms with van der Waals surface area (Å²) in [6.45, 7) is 1.90. The van der Waals surface area contributed by atoms with E-state index < -0.39 is 0 Å². The number of amides is 2. The Morgan fingerprint density at radius 3 is 2.44 bits per heavy atom. The number of hydrogen-bond acceptors (Lipinski definition) is 3. The van der Waals surface area contributed by atoms with Crippen LogP contribution < -0.4 is 15.4 Å². The number of carbonyl (C=O) groups is 2. The maximum atomic E-state index is 12.2. The van der Waals surface area contributed by atoms with Gasteiger partial charge in [-0.2, -0.15) is 0 Å². The Kier molecular flexibility index (Phi) is 7.01. The molecule has 0 saturated carbocycles. The van der Waals surface area contributed by atoms with Gasteiger partial charge in [-0.05, 0) is 37.5 Å². The van der Waals surface area contributed by atoms with E-state index in [0.29, 0.717) is 11.3 Å². The Morgan fingerprint density at radius 1 is 1.04 bits per heavy atom. The van der Waals surface area contributed by atoms with Gasteiger partial charge in [0.05, 0.1) is 19.2 Å². The van der Waals surface area contributed by atoms with Gasteiger partial charge >= 0.3 is 0 Å². The van der Waals surface area contributed by atoms with Gasteiger partial charge in [0.15, 0.2) is 0 Å². The van der Waals surface area contributed by atoms with Crippen LogP contribution in [0.2, 0.25) is 0 Å². The van der Waals surface area contributed by atoms with Crippen LogP contribution in [0.4, 0.5) is 0 Å². The summed E-state index contributed by atoms with van der Waals surface area (Å²) in [5.41, 5.74) is 1.66. The monoisotopic (exact) mass is 340 g/mol. The first-order valence-corrected chi connectivity index (χ1v) is 8.34. The summed E-state index contributed by atoms with van der Waals surface area (Å²) >= 11 is 0. The highest BCUT2D eigenvalue weighted by Gasteiger charge is 2.13. The summed E-state index contributed by atoms with van der Waals surface area (Å²) in [7, 11) is 1.51. The van der Waals surface area contributed by atoms with Crippen LogP contribution in [0.25, 0.3) is 0 Å². The van der Waals surface area contributed by atoms with Crippen LogP contribution in [-0.4, -0.2) is 31.5 Å². The third-order valence-electron chi connectivity index (χ3n) is 3.88. The van der Waals surface area contributed by atoms with Crippen molar-refractivity contribution in [1.29, 1.82) is 0 Å². The van der Waals surface area contributed by atoms with Crippen LogP contribution >= 0.6 is 0 Å². The molecule has 0 radical (unpaired) electrons. The zero-order valence-corrected chi connectivity index (χ0v) is 14.6. The normalized spacial score (nSPS) is 11.4. The third-order valence-corrected chi connectivity index (χ3v) is 3.88. The summed E-state index contributed by atoms with van der Waals surface area (Å²) in [5.74, 6) is -0.0509. The number of para-hydroxylation sites is 1. The van der Waals surface area contributed by atoms with Crippen LogP contribution in [0.3, 0.4) is 0 Å². The minimum atomic E-state index is -0.329. The zero-order chi connectivity index (χ0) is 18.1. The van der Waals surface area contributed by atoms with Crippen LogP contribution in [0.1, 0.15) is 29.3 Å². The van der Waals surface area contributed by atoms with E-state index in [0.717, 1.165) is 12.8 Å². The molecule has 0 aliphatic rings. The fourth-order valence-electron chi connectivity index (χ4n) is 2.51. The number of hydrogen-bond donors (Lipinski definition) is 2. The van der Waals surface area contributed by atoms with Gasteiger partial charge in [0.25, 0.3) is 5.91 Å². The topological polar surface area (TPSA) is 67.4 Å². The molecule has 0 spiro atoms. The van der Waals surface area contributed by atoms with Crippen LogP contribution in [0.5, 0.6) is 5.75 Å². The van der Waals surface area contributed by atoms with Gasteiger partial charge in [-0.3, -0.25) is 9.59 Å². The van der Waals surface area contributed by atoms with Crippen molar-refractivity contribution >= 4 is 11.8 Å². The predicted octanol–water partition coefficient (Wildman–Crippen LogP) is 2.56. The summed E-state index contributed by atoms with van der Waals surface area (Å²) in [4.78, 5) is 24.2. The van der Waals surface area contributed by atoms with E-state index in [1.54, 1.807) is 24.3 Å². The second-order valence-electron chi connectivity index (χ2n) is 5.88. The number of rotatable bonds is 8. The molecule has 2 aromatic rings. The van der Waals surface area contributed by atoms with Crippen molar-refractivity contribution in [1.82, 2.24) is 10.6 Å². The summed E-state index contributed by atoms with van der Waals surface area (Å²) in [6, 6.07) is 17.1. The van der Waals surface area contributed by atoms with Gasteiger partial charge in [-0.1, -0.05) is 42.5 Å². The lowest BCUT2D eigenvalue weighted by Gasteiger charge is -2.14. The smallest absolute Gasteiger partial charge is 0.255 e. The van der Waals surface area contributed by atoms with Gasteiger partial charge in [0.1, 0.15) is 5.75 Å². The van der Waals surface area contributed by atoms with Gasteiger partial charge < -0.3 is 15.4 Å². The van der Waals surface area contributed by atoms with E-state index in [4.69, 9.17) is 4.74 Å². The Labute approximate surface area is 148 Å². The number of ether oxygens (including phenoxy) is 1. The fraction of sp³-hybridized carbons (Fsp3) is 0.300. The van der Waals surface area contributed by atoms with Crippen molar-refractivity contribution in [3.05, 3.63) is 65.7 Å². The van der Waals surface area contributed by atoms with E-state index in [9.17, 15) is 9.59 Å². The van der Waals surface area contributed by atoms with Gasteiger partial charge in [0, 0.05) is 6.04 Å². The molecular formula is C20H24N2O3. The van der Waals surface area contributed by atoms with E-state index in [-0.39, 0.29) is 24.4 Å². The van der Waals surface area contributed by atoms with Crippen molar-refractivity contribution in [2.45, 2.75) is 25.8 Å². The maximum absolute atomic E-state index is 12.2. The van der Waals surface area contributed by atoms with Gasteiger partial charge in [-0.25, -0.2) is 0 Å². The quantitative estimate of drug-likeness (QED) is 0.776. The zero-order valence-electron chi connectivity index (χ0n) is 14.6. The van der Waals surface area contributed by atoms with Crippen molar-refractivity contribution in [3.63, 3.8) is 0 Å². The lowest BCUT2D eigenvalue weighted by atomic mass is 10.1. The number of methoxy groups -OCH3 is 1. The standard InChI is InChI=1S/C20H24N2O3/c1-15(12-13-16-8-4-3-5-9-16)22-19(23)14-21-20(24)17-10-6-7-11-18(17)25-2/h3-11,15H,12-14H2,1-2H3,(H,21,24)(H,22,23)/t15-/m0/s1. The highest BCUT2D eigenvalue weighted by molar-refractivity contribution is 5.98. The second kappa shape index (κ2) is 9.47. The molecule has 2 N–H and O–H groups in total. The Balaban J connectivity index is 1.75. The molecule has 5 nitrogen and oxygen atoms in total. The molecule has 0 bridgehead atoms. The molecule has 2 aromatic carbocycles. The molecule has 25 heavy (non-hydrogen) atoms. The number of nitrogens with one attached hydrogen (secondary N) is 2. The second-order valence-corrected chi connectivity index (χ2v) is 5.88. The number of benzene rings is 2. The minimum absolute atomic E-state index is 0.0378. The molecule has 1 atom stereocenters. The molecule has 0 fully saturated rings. The van der Waals surface area contributed by atoms with Crippen molar-refractivity contribution < 1.29 is 14.3 Å². The minimum Gasteiger partial charge on any atom is -0.496 e. The molecule has 0 unspecified atom stereocenters. The van der Waals surface area contributed by atoms with Crippen molar-refractivity contribution in [2.24, 2.45) is 0 Å². The van der Waals surface area contributed by atoms with Crippen molar-refractivity contribution in [2.75, 3.05) is 13.7 Å². The first-order valence-electron chi connectivity index (χ1n) is 8.34. The van der Waals surface area contributed by atoms with Crippen LogP contribution in [-0.2, 0) is 11.2 Å². The molecule has 5 heteroatoms. The third kappa shape index (κ3) is 5.95. The Hall–Kier alpha value is -2.82. The molecule has 0 aliphatic heterocycles. The van der Waals surface area contributed by atoms with E-state index in [1.807, 2.05) is 25.1 Å². The van der Waals surface area contributed by atoms with Crippen molar-refractivity contribution in [3.8, 4) is 5.75 Å². The molecule has 2 rings (SSSR count). The first kappa shape index (κ1) is 18.5.